The summed E-state index contributed by atoms with van der Waals surface area (Å²) >= 11 is 0. The normalized spacial score (nSPS) is 9.78. The molecule has 2 amide bonds. The maximum absolute atomic E-state index is 13.8. The Morgan fingerprint density at radius 2 is 1.83 bits per heavy atom. The number of anilines is 2. The summed E-state index contributed by atoms with van der Waals surface area (Å²) in [5.41, 5.74) is 0.682. The lowest BCUT2D eigenvalue weighted by molar-refractivity contribution is -0.120. The standard InChI is InChI=1S/C17H14FN3O2/c1-12(22)21(16-9-5-3-7-14(16)18)11-17(23)20-15-8-4-2-6-13(15)10-19/h2-9H,11H2,1H3,(H,20,23). The van der Waals surface area contributed by atoms with Gasteiger partial charge in [0.2, 0.25) is 11.8 Å². The SMILES string of the molecule is CC(=O)N(CC(=O)Nc1ccccc1C#N)c1ccccc1F. The van der Waals surface area contributed by atoms with Crippen LogP contribution in [0.2, 0.25) is 0 Å². The summed E-state index contributed by atoms with van der Waals surface area (Å²) in [6.07, 6.45) is 0. The van der Waals surface area contributed by atoms with Crippen LogP contribution in [0.1, 0.15) is 12.5 Å². The molecule has 5 nitrogen and oxygen atoms in total. The molecular formula is C17H14FN3O2. The van der Waals surface area contributed by atoms with E-state index in [1.807, 2.05) is 6.07 Å². The van der Waals surface area contributed by atoms with Crippen LogP contribution in [0.25, 0.3) is 0 Å². The number of rotatable bonds is 4. The van der Waals surface area contributed by atoms with Gasteiger partial charge in [0, 0.05) is 6.92 Å². The summed E-state index contributed by atoms with van der Waals surface area (Å²) in [4.78, 5) is 24.9. The lowest BCUT2D eigenvalue weighted by Gasteiger charge is -2.21. The smallest absolute Gasteiger partial charge is 0.244 e. The molecule has 0 spiro atoms. The monoisotopic (exact) mass is 311 g/mol. The number of carbonyl (C=O) groups is 2. The van der Waals surface area contributed by atoms with Gasteiger partial charge in [-0.05, 0) is 24.3 Å². The second-order valence-corrected chi connectivity index (χ2v) is 4.76. The highest BCUT2D eigenvalue weighted by atomic mass is 19.1. The van der Waals surface area contributed by atoms with E-state index in [0.717, 1.165) is 4.90 Å². The second kappa shape index (κ2) is 7.18. The first kappa shape index (κ1) is 16.2. The van der Waals surface area contributed by atoms with Gasteiger partial charge < -0.3 is 10.2 Å². The molecule has 0 saturated heterocycles. The van der Waals surface area contributed by atoms with Gasteiger partial charge in [-0.3, -0.25) is 9.59 Å². The van der Waals surface area contributed by atoms with Gasteiger partial charge >= 0.3 is 0 Å². The Kier molecular flexibility index (Phi) is 5.05. The molecule has 0 radical (unpaired) electrons. The third-order valence-electron chi connectivity index (χ3n) is 3.15. The van der Waals surface area contributed by atoms with Crippen molar-refractivity contribution in [3.05, 3.63) is 59.9 Å². The fourth-order valence-electron chi connectivity index (χ4n) is 2.06. The molecule has 0 atom stereocenters. The van der Waals surface area contributed by atoms with E-state index in [2.05, 4.69) is 5.32 Å². The topological polar surface area (TPSA) is 73.2 Å². The van der Waals surface area contributed by atoms with Crippen molar-refractivity contribution >= 4 is 23.2 Å². The first-order valence-electron chi connectivity index (χ1n) is 6.84. The summed E-state index contributed by atoms with van der Waals surface area (Å²) in [5, 5.41) is 11.6. The van der Waals surface area contributed by atoms with E-state index in [4.69, 9.17) is 5.26 Å². The van der Waals surface area contributed by atoms with Crippen molar-refractivity contribution in [2.75, 3.05) is 16.8 Å². The molecule has 2 aromatic rings. The number of hydrogen-bond acceptors (Lipinski definition) is 3. The number of halogens is 1. The molecule has 0 aliphatic rings. The highest BCUT2D eigenvalue weighted by Gasteiger charge is 2.19. The van der Waals surface area contributed by atoms with Gasteiger partial charge in [-0.15, -0.1) is 0 Å². The number of hydrogen-bond donors (Lipinski definition) is 1. The van der Waals surface area contributed by atoms with Crippen LogP contribution in [0, 0.1) is 17.1 Å². The van der Waals surface area contributed by atoms with Crippen LogP contribution in [0.3, 0.4) is 0 Å². The van der Waals surface area contributed by atoms with Crippen molar-refractivity contribution in [2.45, 2.75) is 6.92 Å². The Bertz CT molecular complexity index is 783. The zero-order valence-electron chi connectivity index (χ0n) is 12.4. The number of nitrogens with zero attached hydrogens (tertiary/aromatic N) is 2. The highest BCUT2D eigenvalue weighted by molar-refractivity contribution is 6.02. The molecule has 0 aliphatic carbocycles. The molecule has 6 heteroatoms. The van der Waals surface area contributed by atoms with Crippen molar-refractivity contribution < 1.29 is 14.0 Å². The second-order valence-electron chi connectivity index (χ2n) is 4.76. The maximum atomic E-state index is 13.8. The Morgan fingerprint density at radius 1 is 1.17 bits per heavy atom. The Hall–Kier alpha value is -3.20. The van der Waals surface area contributed by atoms with Crippen molar-refractivity contribution in [1.82, 2.24) is 0 Å². The van der Waals surface area contributed by atoms with Gasteiger partial charge in [0.25, 0.3) is 0 Å². The third-order valence-corrected chi connectivity index (χ3v) is 3.15. The Labute approximate surface area is 133 Å². The van der Waals surface area contributed by atoms with Crippen LogP contribution >= 0.6 is 0 Å². The number of carbonyl (C=O) groups excluding carboxylic acids is 2. The minimum atomic E-state index is -0.590. The van der Waals surface area contributed by atoms with Gasteiger partial charge in [-0.2, -0.15) is 5.26 Å². The minimum absolute atomic E-state index is 0.0312. The predicted octanol–water partition coefficient (Wildman–Crippen LogP) is 2.69. The van der Waals surface area contributed by atoms with Crippen molar-refractivity contribution in [3.63, 3.8) is 0 Å². The molecule has 2 rings (SSSR count). The van der Waals surface area contributed by atoms with Crippen LogP contribution in [-0.2, 0) is 9.59 Å². The van der Waals surface area contributed by atoms with Gasteiger partial charge in [0.1, 0.15) is 18.4 Å². The number of nitrogens with one attached hydrogen (secondary N) is 1. The molecule has 1 N–H and O–H groups in total. The molecule has 0 bridgehead atoms. The third kappa shape index (κ3) is 3.92. The van der Waals surface area contributed by atoms with E-state index in [9.17, 15) is 14.0 Å². The molecular weight excluding hydrogens is 297 g/mol. The zero-order chi connectivity index (χ0) is 16.8. The van der Waals surface area contributed by atoms with Gasteiger partial charge in [0.15, 0.2) is 0 Å². The number of para-hydroxylation sites is 2. The first-order chi connectivity index (χ1) is 11.0. The number of benzene rings is 2. The lowest BCUT2D eigenvalue weighted by Crippen LogP contribution is -2.37. The summed E-state index contributed by atoms with van der Waals surface area (Å²) in [6.45, 7) is 0.902. The quantitative estimate of drug-likeness (QED) is 0.943. The highest BCUT2D eigenvalue weighted by Crippen LogP contribution is 2.19. The largest absolute Gasteiger partial charge is 0.323 e. The Balaban J connectivity index is 2.18. The molecule has 2 aromatic carbocycles. The van der Waals surface area contributed by atoms with E-state index in [-0.39, 0.29) is 12.2 Å². The molecule has 0 heterocycles. The zero-order valence-corrected chi connectivity index (χ0v) is 12.4. The molecule has 0 aromatic heterocycles. The molecule has 116 valence electrons. The molecule has 23 heavy (non-hydrogen) atoms. The summed E-state index contributed by atoms with van der Waals surface area (Å²) < 4.78 is 13.8. The van der Waals surface area contributed by atoms with Crippen LogP contribution < -0.4 is 10.2 Å². The van der Waals surface area contributed by atoms with Crippen molar-refractivity contribution in [2.24, 2.45) is 0 Å². The minimum Gasteiger partial charge on any atom is -0.323 e. The fourth-order valence-corrected chi connectivity index (χ4v) is 2.06. The fraction of sp³-hybridized carbons (Fsp3) is 0.118. The summed E-state index contributed by atoms with van der Waals surface area (Å²) in [7, 11) is 0. The van der Waals surface area contributed by atoms with Crippen LogP contribution in [-0.4, -0.2) is 18.4 Å². The maximum Gasteiger partial charge on any atom is 0.244 e. The van der Waals surface area contributed by atoms with E-state index in [1.54, 1.807) is 30.3 Å². The van der Waals surface area contributed by atoms with E-state index in [0.29, 0.717) is 11.3 Å². The Morgan fingerprint density at radius 3 is 2.48 bits per heavy atom. The molecule has 0 saturated carbocycles. The molecule has 0 unspecified atom stereocenters. The first-order valence-corrected chi connectivity index (χ1v) is 6.84. The van der Waals surface area contributed by atoms with Gasteiger partial charge in [-0.1, -0.05) is 24.3 Å². The molecule has 0 aliphatic heterocycles. The van der Waals surface area contributed by atoms with Crippen LogP contribution in [0.4, 0.5) is 15.8 Å². The van der Waals surface area contributed by atoms with E-state index < -0.39 is 17.6 Å². The van der Waals surface area contributed by atoms with Crippen molar-refractivity contribution in [3.8, 4) is 6.07 Å². The van der Waals surface area contributed by atoms with Gasteiger partial charge in [0.05, 0.1) is 16.9 Å². The number of nitriles is 1. The van der Waals surface area contributed by atoms with Crippen molar-refractivity contribution in [1.29, 1.82) is 5.26 Å². The van der Waals surface area contributed by atoms with Crippen LogP contribution in [0.5, 0.6) is 0 Å². The number of amides is 2. The average molecular weight is 311 g/mol. The summed E-state index contributed by atoms with van der Waals surface area (Å²) in [5.74, 6) is -1.57. The van der Waals surface area contributed by atoms with Crippen LogP contribution in [0.15, 0.2) is 48.5 Å². The average Bonchev–Trinajstić information content (AvgIpc) is 2.53. The lowest BCUT2D eigenvalue weighted by atomic mass is 10.2. The van der Waals surface area contributed by atoms with Gasteiger partial charge in [-0.25, -0.2) is 4.39 Å². The van der Waals surface area contributed by atoms with E-state index in [1.165, 1.54) is 25.1 Å². The molecule has 0 fully saturated rings. The predicted molar refractivity (Wildman–Crippen MR) is 84.2 cm³/mol. The summed E-state index contributed by atoms with van der Waals surface area (Å²) in [6, 6.07) is 14.2. The van der Waals surface area contributed by atoms with E-state index >= 15 is 0 Å².